The fourth-order valence-electron chi connectivity index (χ4n) is 2.21. The van der Waals surface area contributed by atoms with Crippen LogP contribution in [0.1, 0.15) is 18.5 Å². The molecular weight excluding hydrogens is 288 g/mol. The maximum Gasteiger partial charge on any atom is 0.137 e. The van der Waals surface area contributed by atoms with E-state index in [2.05, 4.69) is 10.3 Å². The van der Waals surface area contributed by atoms with Gasteiger partial charge < -0.3 is 14.8 Å². The summed E-state index contributed by atoms with van der Waals surface area (Å²) in [5.41, 5.74) is 1.01. The van der Waals surface area contributed by atoms with Gasteiger partial charge in [0.05, 0.1) is 19.3 Å². The molecule has 0 bridgehead atoms. The molecule has 4 nitrogen and oxygen atoms in total. The molecule has 112 valence electrons. The number of likely N-dealkylation sites (N-methyl/N-ethyl adjacent to an activating group) is 1. The number of rotatable bonds is 6. The highest BCUT2D eigenvalue weighted by Crippen LogP contribution is 2.25. The molecule has 2 aromatic rings. The Bertz CT molecular complexity index is 592. The third-order valence-corrected chi connectivity index (χ3v) is 3.46. The van der Waals surface area contributed by atoms with E-state index in [1.54, 1.807) is 19.4 Å². The van der Waals surface area contributed by atoms with E-state index in [1.807, 2.05) is 44.4 Å². The molecule has 0 aliphatic rings. The Morgan fingerprint density at radius 3 is 2.67 bits per heavy atom. The van der Waals surface area contributed by atoms with Gasteiger partial charge in [0, 0.05) is 11.2 Å². The molecule has 1 N–H and O–H groups in total. The molecule has 5 heteroatoms. The second kappa shape index (κ2) is 7.29. The van der Waals surface area contributed by atoms with Crippen LogP contribution in [-0.4, -0.2) is 25.2 Å². The monoisotopic (exact) mass is 306 g/mol. The standard InChI is InChI=1S/C16H19ClN2O2/c1-11(21-14-6-4-5-13(17)8-14)16(18-2)12-7-15(20-3)10-19-9-12/h4-11,16,18H,1-3H3. The lowest BCUT2D eigenvalue weighted by atomic mass is 10.0. The van der Waals surface area contributed by atoms with Crippen molar-refractivity contribution in [1.29, 1.82) is 0 Å². The lowest BCUT2D eigenvalue weighted by molar-refractivity contribution is 0.175. The minimum Gasteiger partial charge on any atom is -0.495 e. The van der Waals surface area contributed by atoms with E-state index in [-0.39, 0.29) is 12.1 Å². The van der Waals surface area contributed by atoms with Crippen molar-refractivity contribution in [2.24, 2.45) is 0 Å². The quantitative estimate of drug-likeness (QED) is 0.887. The third kappa shape index (κ3) is 4.09. The summed E-state index contributed by atoms with van der Waals surface area (Å²) in [6, 6.07) is 9.32. The van der Waals surface area contributed by atoms with E-state index in [4.69, 9.17) is 21.1 Å². The first-order valence-electron chi connectivity index (χ1n) is 6.72. The van der Waals surface area contributed by atoms with Gasteiger partial charge in [-0.2, -0.15) is 0 Å². The minimum absolute atomic E-state index is 0.00779. The smallest absolute Gasteiger partial charge is 0.137 e. The SMILES string of the molecule is CNC(c1cncc(OC)c1)C(C)Oc1cccc(Cl)c1. The number of hydrogen-bond donors (Lipinski definition) is 1. The largest absolute Gasteiger partial charge is 0.495 e. The van der Waals surface area contributed by atoms with E-state index < -0.39 is 0 Å². The first kappa shape index (κ1) is 15.6. The van der Waals surface area contributed by atoms with Gasteiger partial charge in [-0.15, -0.1) is 0 Å². The van der Waals surface area contributed by atoms with Crippen LogP contribution in [0, 0.1) is 0 Å². The molecule has 0 aliphatic carbocycles. The molecule has 0 radical (unpaired) electrons. The zero-order valence-electron chi connectivity index (χ0n) is 12.3. The van der Waals surface area contributed by atoms with Gasteiger partial charge in [0.15, 0.2) is 0 Å². The zero-order valence-corrected chi connectivity index (χ0v) is 13.1. The van der Waals surface area contributed by atoms with Crippen LogP contribution in [0.15, 0.2) is 42.7 Å². The lowest BCUT2D eigenvalue weighted by Gasteiger charge is -2.25. The van der Waals surface area contributed by atoms with Crippen molar-refractivity contribution in [2.45, 2.75) is 19.1 Å². The average Bonchev–Trinajstić information content (AvgIpc) is 2.48. The van der Waals surface area contributed by atoms with Gasteiger partial charge in [-0.1, -0.05) is 17.7 Å². The fourth-order valence-corrected chi connectivity index (χ4v) is 2.39. The maximum atomic E-state index is 5.98. The fraction of sp³-hybridized carbons (Fsp3) is 0.312. The van der Waals surface area contributed by atoms with Crippen molar-refractivity contribution in [1.82, 2.24) is 10.3 Å². The molecule has 0 spiro atoms. The number of methoxy groups -OCH3 is 1. The number of halogens is 1. The molecule has 2 rings (SSSR count). The van der Waals surface area contributed by atoms with Crippen LogP contribution < -0.4 is 14.8 Å². The number of nitrogens with one attached hydrogen (secondary N) is 1. The van der Waals surface area contributed by atoms with E-state index in [9.17, 15) is 0 Å². The summed E-state index contributed by atoms with van der Waals surface area (Å²) in [6.45, 7) is 2.00. The normalized spacial score (nSPS) is 13.5. The summed E-state index contributed by atoms with van der Waals surface area (Å²) < 4.78 is 11.2. The third-order valence-electron chi connectivity index (χ3n) is 3.23. The number of aromatic nitrogens is 1. The van der Waals surface area contributed by atoms with Gasteiger partial charge in [-0.3, -0.25) is 4.98 Å². The molecule has 0 saturated carbocycles. The predicted octanol–water partition coefficient (Wildman–Crippen LogP) is 3.47. The molecule has 2 atom stereocenters. The molecule has 2 unspecified atom stereocenters. The van der Waals surface area contributed by atoms with Crippen molar-refractivity contribution < 1.29 is 9.47 Å². The Morgan fingerprint density at radius 2 is 2.00 bits per heavy atom. The topological polar surface area (TPSA) is 43.4 Å². The van der Waals surface area contributed by atoms with Crippen LogP contribution in [0.3, 0.4) is 0 Å². The van der Waals surface area contributed by atoms with Crippen molar-refractivity contribution in [3.05, 3.63) is 53.3 Å². The van der Waals surface area contributed by atoms with Crippen molar-refractivity contribution >= 4 is 11.6 Å². The Morgan fingerprint density at radius 1 is 1.19 bits per heavy atom. The van der Waals surface area contributed by atoms with Gasteiger partial charge >= 0.3 is 0 Å². The van der Waals surface area contributed by atoms with Gasteiger partial charge in [0.25, 0.3) is 0 Å². The molecule has 1 aromatic carbocycles. The van der Waals surface area contributed by atoms with Crippen molar-refractivity contribution in [3.63, 3.8) is 0 Å². The highest BCUT2D eigenvalue weighted by Gasteiger charge is 2.20. The second-order valence-corrected chi connectivity index (χ2v) is 5.14. The van der Waals surface area contributed by atoms with E-state index in [1.165, 1.54) is 0 Å². The van der Waals surface area contributed by atoms with Crippen LogP contribution in [0.25, 0.3) is 0 Å². The van der Waals surface area contributed by atoms with Gasteiger partial charge in [0.1, 0.15) is 17.6 Å². The number of hydrogen-bond acceptors (Lipinski definition) is 4. The van der Waals surface area contributed by atoms with Crippen LogP contribution in [0.2, 0.25) is 5.02 Å². The van der Waals surface area contributed by atoms with Crippen LogP contribution in [-0.2, 0) is 0 Å². The summed E-state index contributed by atoms with van der Waals surface area (Å²) in [6.07, 6.45) is 3.39. The summed E-state index contributed by atoms with van der Waals surface area (Å²) in [7, 11) is 3.52. The van der Waals surface area contributed by atoms with Gasteiger partial charge in [0.2, 0.25) is 0 Å². The first-order chi connectivity index (χ1) is 10.1. The second-order valence-electron chi connectivity index (χ2n) is 4.70. The number of nitrogens with zero attached hydrogens (tertiary/aromatic N) is 1. The molecule has 0 aliphatic heterocycles. The zero-order chi connectivity index (χ0) is 15.2. The molecule has 21 heavy (non-hydrogen) atoms. The minimum atomic E-state index is -0.0950. The predicted molar refractivity (Wildman–Crippen MR) is 84.1 cm³/mol. The van der Waals surface area contributed by atoms with Crippen LogP contribution in [0.4, 0.5) is 0 Å². The van der Waals surface area contributed by atoms with Crippen molar-refractivity contribution in [2.75, 3.05) is 14.2 Å². The first-order valence-corrected chi connectivity index (χ1v) is 7.10. The molecular formula is C16H19ClN2O2. The van der Waals surface area contributed by atoms with Gasteiger partial charge in [-0.05, 0) is 43.8 Å². The molecule has 1 heterocycles. The highest BCUT2D eigenvalue weighted by atomic mass is 35.5. The Balaban J connectivity index is 2.16. The van der Waals surface area contributed by atoms with Crippen LogP contribution in [0.5, 0.6) is 11.5 Å². The van der Waals surface area contributed by atoms with E-state index in [0.29, 0.717) is 5.02 Å². The van der Waals surface area contributed by atoms with Crippen molar-refractivity contribution in [3.8, 4) is 11.5 Å². The maximum absolute atomic E-state index is 5.98. The lowest BCUT2D eigenvalue weighted by Crippen LogP contribution is -2.31. The number of benzene rings is 1. The molecule has 0 fully saturated rings. The van der Waals surface area contributed by atoms with E-state index in [0.717, 1.165) is 17.1 Å². The van der Waals surface area contributed by atoms with Crippen LogP contribution >= 0.6 is 11.6 Å². The van der Waals surface area contributed by atoms with E-state index >= 15 is 0 Å². The summed E-state index contributed by atoms with van der Waals surface area (Å²) in [5, 5.41) is 3.91. The highest BCUT2D eigenvalue weighted by molar-refractivity contribution is 6.30. The Hall–Kier alpha value is -1.78. The Kier molecular flexibility index (Phi) is 5.42. The number of ether oxygens (including phenoxy) is 2. The summed E-state index contributed by atoms with van der Waals surface area (Å²) in [5.74, 6) is 1.47. The summed E-state index contributed by atoms with van der Waals surface area (Å²) in [4.78, 5) is 4.19. The average molecular weight is 307 g/mol. The molecule has 0 saturated heterocycles. The number of pyridine rings is 1. The van der Waals surface area contributed by atoms with Gasteiger partial charge in [-0.25, -0.2) is 0 Å². The summed E-state index contributed by atoms with van der Waals surface area (Å²) >= 11 is 5.98. The molecule has 1 aromatic heterocycles. The molecule has 0 amide bonds. The Labute approximate surface area is 130 Å².